The lowest BCUT2D eigenvalue weighted by molar-refractivity contribution is 0.0785. The van der Waals surface area contributed by atoms with Gasteiger partial charge in [0.25, 0.3) is 5.91 Å². The molecule has 0 aromatic heterocycles. The number of carbonyl (C=O) groups is 1. The molecule has 1 amide bonds. The number of nitrogens with two attached hydrogens (primary N) is 1. The zero-order chi connectivity index (χ0) is 14.7. The molecule has 20 heavy (non-hydrogen) atoms. The van der Waals surface area contributed by atoms with Gasteiger partial charge < -0.3 is 15.7 Å². The molecular weight excluding hydrogens is 252 g/mol. The number of carbonyl (C=O) groups excluding carboxylic acids is 1. The number of hydrogen-bond donors (Lipinski definition) is 2. The van der Waals surface area contributed by atoms with Crippen LogP contribution < -0.4 is 5.73 Å². The third kappa shape index (κ3) is 3.09. The summed E-state index contributed by atoms with van der Waals surface area (Å²) in [7, 11) is 1.72. The minimum absolute atomic E-state index is 0.0338. The summed E-state index contributed by atoms with van der Waals surface area (Å²) in [6, 6.07) is 12.4. The van der Waals surface area contributed by atoms with E-state index < -0.39 is 0 Å². The number of hydrogen-bond acceptors (Lipinski definition) is 3. The van der Waals surface area contributed by atoms with Crippen molar-refractivity contribution >= 4 is 11.6 Å². The third-order valence-electron chi connectivity index (χ3n) is 3.12. The first-order valence-electron chi connectivity index (χ1n) is 6.37. The van der Waals surface area contributed by atoms with Gasteiger partial charge in [0, 0.05) is 19.3 Å². The van der Waals surface area contributed by atoms with E-state index in [4.69, 9.17) is 5.73 Å². The normalized spacial score (nSPS) is 10.3. The summed E-state index contributed by atoms with van der Waals surface area (Å²) in [5.74, 6) is -0.175. The van der Waals surface area contributed by atoms with Crippen molar-refractivity contribution in [1.82, 2.24) is 4.90 Å². The molecule has 4 nitrogen and oxygen atoms in total. The first kappa shape index (κ1) is 13.9. The van der Waals surface area contributed by atoms with Crippen LogP contribution in [-0.2, 0) is 6.54 Å². The second kappa shape index (κ2) is 5.65. The first-order chi connectivity index (χ1) is 9.47. The maximum atomic E-state index is 12.3. The number of phenols is 1. The number of aromatic hydroxyl groups is 1. The van der Waals surface area contributed by atoms with E-state index in [-0.39, 0.29) is 11.7 Å². The highest BCUT2D eigenvalue weighted by Gasteiger charge is 2.15. The predicted molar refractivity (Wildman–Crippen MR) is 79.5 cm³/mol. The molecule has 0 aliphatic carbocycles. The number of amides is 1. The molecule has 0 atom stereocenters. The zero-order valence-corrected chi connectivity index (χ0v) is 11.6. The quantitative estimate of drug-likeness (QED) is 0.665. The highest BCUT2D eigenvalue weighted by atomic mass is 16.3. The van der Waals surface area contributed by atoms with Crippen molar-refractivity contribution in [1.29, 1.82) is 0 Å². The molecule has 104 valence electrons. The summed E-state index contributed by atoms with van der Waals surface area (Å²) in [6.07, 6.45) is 0. The first-order valence-corrected chi connectivity index (χ1v) is 6.37. The summed E-state index contributed by atoms with van der Waals surface area (Å²) in [5, 5.41) is 9.47. The molecule has 0 spiro atoms. The molecule has 0 unspecified atom stereocenters. The SMILES string of the molecule is Cc1cccc(CN(C)C(=O)c2cc(O)ccc2N)c1. The van der Waals surface area contributed by atoms with Gasteiger partial charge in [0.1, 0.15) is 5.75 Å². The Hall–Kier alpha value is -2.49. The van der Waals surface area contributed by atoms with E-state index in [0.717, 1.165) is 11.1 Å². The van der Waals surface area contributed by atoms with Gasteiger partial charge in [0.15, 0.2) is 0 Å². The van der Waals surface area contributed by atoms with Gasteiger partial charge in [0.2, 0.25) is 0 Å². The van der Waals surface area contributed by atoms with Gasteiger partial charge in [-0.3, -0.25) is 4.79 Å². The van der Waals surface area contributed by atoms with Crippen LogP contribution in [0, 0.1) is 6.92 Å². The fourth-order valence-electron chi connectivity index (χ4n) is 2.09. The van der Waals surface area contributed by atoms with Crippen molar-refractivity contribution < 1.29 is 9.90 Å². The van der Waals surface area contributed by atoms with E-state index in [9.17, 15) is 9.90 Å². The zero-order valence-electron chi connectivity index (χ0n) is 11.6. The van der Waals surface area contributed by atoms with Gasteiger partial charge in [-0.2, -0.15) is 0 Å². The molecule has 0 aliphatic heterocycles. The van der Waals surface area contributed by atoms with E-state index in [1.807, 2.05) is 31.2 Å². The Kier molecular flexibility index (Phi) is 3.94. The van der Waals surface area contributed by atoms with E-state index in [0.29, 0.717) is 17.8 Å². The van der Waals surface area contributed by atoms with E-state index >= 15 is 0 Å². The van der Waals surface area contributed by atoms with Crippen LogP contribution in [0.3, 0.4) is 0 Å². The predicted octanol–water partition coefficient (Wildman–Crippen LogP) is 2.56. The maximum Gasteiger partial charge on any atom is 0.256 e. The number of nitrogens with zero attached hydrogens (tertiary/aromatic N) is 1. The minimum Gasteiger partial charge on any atom is -0.508 e. The summed E-state index contributed by atoms with van der Waals surface area (Å²) in [4.78, 5) is 13.9. The van der Waals surface area contributed by atoms with Crippen molar-refractivity contribution in [2.24, 2.45) is 0 Å². The number of phenolic OH excluding ortho intramolecular Hbond substituents is 1. The topological polar surface area (TPSA) is 66.6 Å². The number of aryl methyl sites for hydroxylation is 1. The molecule has 0 radical (unpaired) electrons. The molecular formula is C16H18N2O2. The average Bonchev–Trinajstić information content (AvgIpc) is 2.40. The standard InChI is InChI=1S/C16H18N2O2/c1-11-4-3-5-12(8-11)10-18(2)16(20)14-9-13(19)6-7-15(14)17/h3-9,19H,10,17H2,1-2H3. The highest BCUT2D eigenvalue weighted by Crippen LogP contribution is 2.20. The van der Waals surface area contributed by atoms with Crippen LogP contribution in [-0.4, -0.2) is 23.0 Å². The number of benzene rings is 2. The van der Waals surface area contributed by atoms with Crippen molar-refractivity contribution in [3.63, 3.8) is 0 Å². The summed E-state index contributed by atoms with van der Waals surface area (Å²) < 4.78 is 0. The Bertz CT molecular complexity index is 638. The van der Waals surface area contributed by atoms with E-state index in [2.05, 4.69) is 0 Å². The Morgan fingerprint density at radius 1 is 1.25 bits per heavy atom. The van der Waals surface area contributed by atoms with Gasteiger partial charge in [-0.25, -0.2) is 0 Å². The Morgan fingerprint density at radius 2 is 2.00 bits per heavy atom. The molecule has 0 fully saturated rings. The van der Waals surface area contributed by atoms with Crippen molar-refractivity contribution in [2.75, 3.05) is 12.8 Å². The van der Waals surface area contributed by atoms with Crippen molar-refractivity contribution in [3.05, 3.63) is 59.2 Å². The fourth-order valence-corrected chi connectivity index (χ4v) is 2.09. The molecule has 2 aromatic rings. The molecule has 0 aliphatic rings. The van der Waals surface area contributed by atoms with Gasteiger partial charge in [-0.05, 0) is 30.7 Å². The molecule has 2 aromatic carbocycles. The van der Waals surface area contributed by atoms with Crippen LogP contribution in [0.1, 0.15) is 21.5 Å². The smallest absolute Gasteiger partial charge is 0.256 e. The van der Waals surface area contributed by atoms with Crippen LogP contribution in [0.15, 0.2) is 42.5 Å². The van der Waals surface area contributed by atoms with Gasteiger partial charge >= 0.3 is 0 Å². The number of nitrogen functional groups attached to an aromatic ring is 1. The Balaban J connectivity index is 2.18. The maximum absolute atomic E-state index is 12.3. The average molecular weight is 270 g/mol. The number of anilines is 1. The molecule has 4 heteroatoms. The molecule has 2 rings (SSSR count). The van der Waals surface area contributed by atoms with Crippen LogP contribution in [0.25, 0.3) is 0 Å². The lowest BCUT2D eigenvalue weighted by atomic mass is 10.1. The van der Waals surface area contributed by atoms with Crippen molar-refractivity contribution in [3.8, 4) is 5.75 Å². The summed E-state index contributed by atoms with van der Waals surface area (Å²) >= 11 is 0. The van der Waals surface area contributed by atoms with Gasteiger partial charge in [-0.15, -0.1) is 0 Å². The Labute approximate surface area is 118 Å². The third-order valence-corrected chi connectivity index (χ3v) is 3.12. The summed E-state index contributed by atoms with van der Waals surface area (Å²) in [6.45, 7) is 2.51. The Morgan fingerprint density at radius 3 is 2.70 bits per heavy atom. The lowest BCUT2D eigenvalue weighted by Gasteiger charge is -2.18. The van der Waals surface area contributed by atoms with Crippen LogP contribution in [0.5, 0.6) is 5.75 Å². The number of rotatable bonds is 3. The van der Waals surface area contributed by atoms with Gasteiger partial charge in [-0.1, -0.05) is 29.8 Å². The van der Waals surface area contributed by atoms with Crippen LogP contribution >= 0.6 is 0 Å². The monoisotopic (exact) mass is 270 g/mol. The second-order valence-corrected chi connectivity index (χ2v) is 4.92. The molecule has 0 saturated carbocycles. The highest BCUT2D eigenvalue weighted by molar-refractivity contribution is 5.99. The molecule has 0 saturated heterocycles. The van der Waals surface area contributed by atoms with Crippen molar-refractivity contribution in [2.45, 2.75) is 13.5 Å². The molecule has 3 N–H and O–H groups in total. The molecule has 0 bridgehead atoms. The van der Waals surface area contributed by atoms with E-state index in [1.54, 1.807) is 11.9 Å². The fraction of sp³-hybridized carbons (Fsp3) is 0.188. The van der Waals surface area contributed by atoms with Crippen LogP contribution in [0.4, 0.5) is 5.69 Å². The molecule has 0 heterocycles. The van der Waals surface area contributed by atoms with Crippen LogP contribution in [0.2, 0.25) is 0 Å². The van der Waals surface area contributed by atoms with E-state index in [1.165, 1.54) is 18.2 Å². The largest absolute Gasteiger partial charge is 0.508 e. The second-order valence-electron chi connectivity index (χ2n) is 4.92. The minimum atomic E-state index is -0.208. The van der Waals surface area contributed by atoms with Gasteiger partial charge in [0.05, 0.1) is 5.56 Å². The lowest BCUT2D eigenvalue weighted by Crippen LogP contribution is -2.27. The summed E-state index contributed by atoms with van der Waals surface area (Å²) in [5.41, 5.74) is 8.68.